The molecule has 1 fully saturated rings. The minimum Gasteiger partial charge on any atom is -0.340 e. The summed E-state index contributed by atoms with van der Waals surface area (Å²) in [5.41, 5.74) is 2.25. The molecule has 2 aliphatic rings. The summed E-state index contributed by atoms with van der Waals surface area (Å²) in [6.45, 7) is 6.07. The summed E-state index contributed by atoms with van der Waals surface area (Å²) in [5, 5.41) is 4.33. The van der Waals surface area contributed by atoms with Crippen molar-refractivity contribution in [3.63, 3.8) is 0 Å². The third-order valence-corrected chi connectivity index (χ3v) is 5.86. The van der Waals surface area contributed by atoms with Gasteiger partial charge in [0.1, 0.15) is 12.4 Å². The smallest absolute Gasteiger partial charge is 0.340 e. The molecule has 2 unspecified atom stereocenters. The minimum atomic E-state index is -0.223. The first kappa shape index (κ1) is 17.8. The van der Waals surface area contributed by atoms with Crippen LogP contribution in [0.4, 0.5) is 0 Å². The first-order valence-corrected chi connectivity index (χ1v) is 9.63. The number of rotatable bonds is 4. The number of likely N-dealkylation sites (tertiary alicyclic amines) is 1. The summed E-state index contributed by atoms with van der Waals surface area (Å²) in [6.07, 6.45) is 4.44. The van der Waals surface area contributed by atoms with E-state index in [4.69, 9.17) is 0 Å². The van der Waals surface area contributed by atoms with Gasteiger partial charge in [-0.3, -0.25) is 9.36 Å². The van der Waals surface area contributed by atoms with Gasteiger partial charge in [-0.05, 0) is 44.1 Å². The van der Waals surface area contributed by atoms with Crippen LogP contribution < -0.4 is 5.69 Å². The number of amides is 1. The van der Waals surface area contributed by atoms with Crippen LogP contribution in [0.25, 0.3) is 0 Å². The number of aromatic nitrogens is 3. The molecule has 1 aliphatic heterocycles. The number of carbonyl (C=O) groups is 1. The van der Waals surface area contributed by atoms with Crippen LogP contribution in [0, 0.1) is 18.8 Å². The zero-order valence-electron chi connectivity index (χ0n) is 16.0. The highest BCUT2D eigenvalue weighted by Gasteiger charge is 2.36. The molecule has 1 saturated heterocycles. The van der Waals surface area contributed by atoms with Gasteiger partial charge in [0.25, 0.3) is 0 Å². The van der Waals surface area contributed by atoms with E-state index in [2.05, 4.69) is 18.1 Å². The summed E-state index contributed by atoms with van der Waals surface area (Å²) >= 11 is 0. The van der Waals surface area contributed by atoms with E-state index in [-0.39, 0.29) is 18.1 Å². The van der Waals surface area contributed by atoms with Gasteiger partial charge in [-0.15, -0.1) is 0 Å². The summed E-state index contributed by atoms with van der Waals surface area (Å²) in [7, 11) is 0. The second-order valence-electron chi connectivity index (χ2n) is 7.87. The molecule has 2 heterocycles. The van der Waals surface area contributed by atoms with Crippen molar-refractivity contribution >= 4 is 5.91 Å². The van der Waals surface area contributed by atoms with Crippen molar-refractivity contribution in [2.75, 3.05) is 13.1 Å². The lowest BCUT2D eigenvalue weighted by Crippen LogP contribution is -2.36. The normalized spacial score (nSPS) is 21.9. The van der Waals surface area contributed by atoms with E-state index in [9.17, 15) is 9.59 Å². The first-order chi connectivity index (χ1) is 13.0. The highest BCUT2D eigenvalue weighted by Crippen LogP contribution is 2.35. The fourth-order valence-electron chi connectivity index (χ4n) is 4.32. The van der Waals surface area contributed by atoms with Crippen LogP contribution in [0.3, 0.4) is 0 Å². The largest absolute Gasteiger partial charge is 0.346 e. The van der Waals surface area contributed by atoms with Gasteiger partial charge in [-0.25, -0.2) is 9.48 Å². The van der Waals surface area contributed by atoms with E-state index >= 15 is 0 Å². The van der Waals surface area contributed by atoms with Crippen LogP contribution in [0.15, 0.2) is 46.8 Å². The molecular weight excluding hydrogens is 340 g/mol. The van der Waals surface area contributed by atoms with E-state index in [1.807, 2.05) is 42.2 Å². The lowest BCUT2D eigenvalue weighted by molar-refractivity contribution is -0.131. The van der Waals surface area contributed by atoms with Crippen LogP contribution in [-0.4, -0.2) is 38.2 Å². The standard InChI is InChI=1S/C21H26N4O2/c1-15-8-9-18-12-23(13-19(18)10-15)20(26)14-25-21(27)24(16(2)22-25)11-17-6-4-3-5-7-17/h3-8,18-19H,9-14H2,1-2H3. The number of aryl methyl sites for hydroxylation is 1. The molecule has 0 saturated carbocycles. The second-order valence-corrected chi connectivity index (χ2v) is 7.87. The molecule has 1 aromatic heterocycles. The Morgan fingerprint density at radius 2 is 1.89 bits per heavy atom. The molecule has 0 N–H and O–H groups in total. The molecule has 0 radical (unpaired) electrons. The van der Waals surface area contributed by atoms with Gasteiger partial charge < -0.3 is 4.90 Å². The van der Waals surface area contributed by atoms with E-state index in [0.717, 1.165) is 31.5 Å². The Morgan fingerprint density at radius 1 is 1.15 bits per heavy atom. The Hall–Kier alpha value is -2.63. The van der Waals surface area contributed by atoms with E-state index in [1.165, 1.54) is 10.3 Å². The van der Waals surface area contributed by atoms with Crippen LogP contribution in [-0.2, 0) is 17.9 Å². The molecular formula is C21H26N4O2. The fraction of sp³-hybridized carbons (Fsp3) is 0.476. The number of hydrogen-bond donors (Lipinski definition) is 0. The maximum atomic E-state index is 12.8. The highest BCUT2D eigenvalue weighted by molar-refractivity contribution is 5.76. The van der Waals surface area contributed by atoms with Crippen molar-refractivity contribution < 1.29 is 4.79 Å². The van der Waals surface area contributed by atoms with Gasteiger partial charge in [0, 0.05) is 13.1 Å². The average Bonchev–Trinajstić information content (AvgIpc) is 3.19. The lowest BCUT2D eigenvalue weighted by Gasteiger charge is -2.21. The van der Waals surface area contributed by atoms with Crippen molar-refractivity contribution in [3.05, 3.63) is 63.9 Å². The molecule has 0 bridgehead atoms. The van der Waals surface area contributed by atoms with Crippen molar-refractivity contribution in [1.29, 1.82) is 0 Å². The monoisotopic (exact) mass is 366 g/mol. The maximum absolute atomic E-state index is 12.8. The molecule has 27 heavy (non-hydrogen) atoms. The van der Waals surface area contributed by atoms with Crippen molar-refractivity contribution in [2.45, 2.75) is 39.8 Å². The lowest BCUT2D eigenvalue weighted by atomic mass is 9.83. The minimum absolute atomic E-state index is 0.00601. The third kappa shape index (κ3) is 3.61. The number of fused-ring (bicyclic) bond motifs is 1. The Morgan fingerprint density at radius 3 is 2.67 bits per heavy atom. The Bertz CT molecular complexity index is 925. The number of nitrogens with zero attached hydrogens (tertiary/aromatic N) is 4. The molecule has 142 valence electrons. The maximum Gasteiger partial charge on any atom is 0.346 e. The van der Waals surface area contributed by atoms with Crippen LogP contribution in [0.5, 0.6) is 0 Å². The summed E-state index contributed by atoms with van der Waals surface area (Å²) < 4.78 is 2.94. The first-order valence-electron chi connectivity index (χ1n) is 9.63. The zero-order valence-corrected chi connectivity index (χ0v) is 16.0. The summed E-state index contributed by atoms with van der Waals surface area (Å²) in [6, 6.07) is 9.82. The summed E-state index contributed by atoms with van der Waals surface area (Å²) in [5.74, 6) is 1.75. The fourth-order valence-corrected chi connectivity index (χ4v) is 4.32. The Balaban J connectivity index is 1.45. The molecule has 6 heteroatoms. The van der Waals surface area contributed by atoms with Crippen molar-refractivity contribution in [1.82, 2.24) is 19.2 Å². The molecule has 1 aromatic carbocycles. The van der Waals surface area contributed by atoms with Crippen molar-refractivity contribution in [2.24, 2.45) is 11.8 Å². The molecule has 6 nitrogen and oxygen atoms in total. The molecule has 1 aliphatic carbocycles. The van der Waals surface area contributed by atoms with Gasteiger partial charge in [0.15, 0.2) is 0 Å². The molecule has 2 atom stereocenters. The van der Waals surface area contributed by atoms with Gasteiger partial charge in [-0.1, -0.05) is 42.0 Å². The topological polar surface area (TPSA) is 60.1 Å². The van der Waals surface area contributed by atoms with Gasteiger partial charge in [0.2, 0.25) is 5.91 Å². The number of carbonyl (C=O) groups excluding carboxylic acids is 1. The quantitative estimate of drug-likeness (QED) is 0.780. The van der Waals surface area contributed by atoms with E-state index in [1.54, 1.807) is 4.57 Å². The molecule has 0 spiro atoms. The number of benzene rings is 1. The summed E-state index contributed by atoms with van der Waals surface area (Å²) in [4.78, 5) is 27.4. The predicted molar refractivity (Wildman–Crippen MR) is 103 cm³/mol. The molecule has 2 aromatic rings. The van der Waals surface area contributed by atoms with E-state index in [0.29, 0.717) is 24.2 Å². The molecule has 4 rings (SSSR count). The predicted octanol–water partition coefficient (Wildman–Crippen LogP) is 2.22. The number of hydrogen-bond acceptors (Lipinski definition) is 3. The highest BCUT2D eigenvalue weighted by atomic mass is 16.2. The SMILES string of the molecule is CC1=CCC2CN(C(=O)Cn3nc(C)n(Cc4ccccc4)c3=O)CC2C1. The zero-order chi connectivity index (χ0) is 19.0. The average molecular weight is 366 g/mol. The van der Waals surface area contributed by atoms with E-state index < -0.39 is 0 Å². The molecule has 1 amide bonds. The van der Waals surface area contributed by atoms with Crippen LogP contribution >= 0.6 is 0 Å². The number of allylic oxidation sites excluding steroid dienone is 2. The third-order valence-electron chi connectivity index (χ3n) is 5.86. The van der Waals surface area contributed by atoms with Crippen molar-refractivity contribution in [3.8, 4) is 0 Å². The Labute approximate surface area is 159 Å². The van der Waals surface area contributed by atoms with Gasteiger partial charge in [-0.2, -0.15) is 5.10 Å². The van der Waals surface area contributed by atoms with Gasteiger partial charge in [0.05, 0.1) is 6.54 Å². The Kier molecular flexibility index (Phi) is 4.72. The van der Waals surface area contributed by atoms with Crippen LogP contribution in [0.1, 0.15) is 31.2 Å². The van der Waals surface area contributed by atoms with Gasteiger partial charge >= 0.3 is 5.69 Å². The van der Waals surface area contributed by atoms with Crippen LogP contribution in [0.2, 0.25) is 0 Å². The second kappa shape index (κ2) is 7.18.